The number of nitrogens with zero attached hydrogens (tertiary/aromatic N) is 3. The Bertz CT molecular complexity index is 769. The lowest BCUT2D eigenvalue weighted by Crippen LogP contribution is -2.53. The molecule has 3 aliphatic heterocycles. The molecular formula is C14H17N3O6S. The number of hydrogen-bond donors (Lipinski definition) is 1. The van der Waals surface area contributed by atoms with Gasteiger partial charge in [0.1, 0.15) is 0 Å². The minimum Gasteiger partial charge on any atom is -0.479 e. The maximum Gasteiger partial charge on any atom is 0.334 e. The van der Waals surface area contributed by atoms with Crippen molar-refractivity contribution in [3.8, 4) is 0 Å². The molecular weight excluding hydrogens is 338 g/mol. The number of ether oxygens (including phenoxy) is 1. The molecule has 3 aliphatic rings. The second kappa shape index (κ2) is 6.02. The topological polar surface area (TPSA) is 117 Å². The number of carbonyl (C=O) groups is 2. The maximum atomic E-state index is 12.8. The average Bonchev–Trinajstić information content (AvgIpc) is 2.52. The number of amides is 1. The van der Waals surface area contributed by atoms with Crippen LogP contribution in [0.15, 0.2) is 28.3 Å². The fourth-order valence-corrected chi connectivity index (χ4v) is 3.79. The highest BCUT2D eigenvalue weighted by molar-refractivity contribution is 7.90. The Hall–Kier alpha value is -2.20. The highest BCUT2D eigenvalue weighted by Crippen LogP contribution is 2.21. The van der Waals surface area contributed by atoms with E-state index in [-0.39, 0.29) is 36.8 Å². The number of allylic oxidation sites excluding steroid dienone is 2. The average molecular weight is 355 g/mol. The van der Waals surface area contributed by atoms with E-state index in [1.54, 1.807) is 24.1 Å². The molecule has 24 heavy (non-hydrogen) atoms. The van der Waals surface area contributed by atoms with Crippen LogP contribution in [0.25, 0.3) is 0 Å². The normalized spacial score (nSPS) is 28.7. The quantitative estimate of drug-likeness (QED) is 0.688. The van der Waals surface area contributed by atoms with Gasteiger partial charge in [0, 0.05) is 19.3 Å². The Morgan fingerprint density at radius 2 is 2.12 bits per heavy atom. The SMILES string of the molecule is C[C@@H]1CN(C(=O)C2=CC=CN3CCS(=O)(=O)N=C23)CC(C(=O)O)O1. The highest BCUT2D eigenvalue weighted by Gasteiger charge is 2.37. The van der Waals surface area contributed by atoms with Gasteiger partial charge in [-0.3, -0.25) is 4.79 Å². The summed E-state index contributed by atoms with van der Waals surface area (Å²) in [7, 11) is -3.60. The molecule has 0 spiro atoms. The first-order valence-electron chi connectivity index (χ1n) is 7.42. The molecule has 3 heterocycles. The summed E-state index contributed by atoms with van der Waals surface area (Å²) in [6.07, 6.45) is 3.26. The number of aliphatic carboxylic acids is 1. The molecule has 0 saturated carbocycles. The summed E-state index contributed by atoms with van der Waals surface area (Å²) in [5.74, 6) is -1.63. The molecule has 0 aromatic heterocycles. The number of morpholine rings is 1. The van der Waals surface area contributed by atoms with Crippen molar-refractivity contribution in [1.82, 2.24) is 9.80 Å². The third kappa shape index (κ3) is 3.20. The first kappa shape index (κ1) is 16.7. The molecule has 1 saturated heterocycles. The van der Waals surface area contributed by atoms with Crippen molar-refractivity contribution in [3.05, 3.63) is 23.9 Å². The molecule has 1 N–H and O–H groups in total. The zero-order valence-corrected chi connectivity index (χ0v) is 13.8. The zero-order chi connectivity index (χ0) is 17.5. The van der Waals surface area contributed by atoms with Gasteiger partial charge < -0.3 is 19.6 Å². The fourth-order valence-electron chi connectivity index (χ4n) is 2.81. The number of hydrogen-bond acceptors (Lipinski definition) is 6. The van der Waals surface area contributed by atoms with Crippen LogP contribution in [0, 0.1) is 0 Å². The Morgan fingerprint density at radius 1 is 1.38 bits per heavy atom. The van der Waals surface area contributed by atoms with Crippen molar-refractivity contribution in [2.24, 2.45) is 4.40 Å². The van der Waals surface area contributed by atoms with Crippen molar-refractivity contribution in [1.29, 1.82) is 0 Å². The lowest BCUT2D eigenvalue weighted by molar-refractivity contribution is -0.165. The summed E-state index contributed by atoms with van der Waals surface area (Å²) >= 11 is 0. The number of rotatable bonds is 2. The summed E-state index contributed by atoms with van der Waals surface area (Å²) in [6, 6.07) is 0. The van der Waals surface area contributed by atoms with Crippen molar-refractivity contribution < 1.29 is 27.9 Å². The van der Waals surface area contributed by atoms with Crippen molar-refractivity contribution >= 4 is 27.7 Å². The number of amidine groups is 1. The second-order valence-corrected chi connectivity index (χ2v) is 7.55. The summed E-state index contributed by atoms with van der Waals surface area (Å²) < 4.78 is 32.5. The van der Waals surface area contributed by atoms with Gasteiger partial charge in [-0.1, -0.05) is 0 Å². The van der Waals surface area contributed by atoms with E-state index in [2.05, 4.69) is 4.40 Å². The Labute approximate surface area is 138 Å². The van der Waals surface area contributed by atoms with Crippen LogP contribution in [0.5, 0.6) is 0 Å². The van der Waals surface area contributed by atoms with E-state index in [1.807, 2.05) is 0 Å². The van der Waals surface area contributed by atoms with Crippen molar-refractivity contribution in [3.63, 3.8) is 0 Å². The lowest BCUT2D eigenvalue weighted by Gasteiger charge is -2.37. The van der Waals surface area contributed by atoms with Crippen LogP contribution in [0.1, 0.15) is 6.92 Å². The molecule has 0 aromatic rings. The van der Waals surface area contributed by atoms with Crippen LogP contribution < -0.4 is 0 Å². The van der Waals surface area contributed by atoms with Crippen LogP contribution in [-0.2, 0) is 24.3 Å². The largest absolute Gasteiger partial charge is 0.479 e. The molecule has 130 valence electrons. The first-order chi connectivity index (χ1) is 11.3. The molecule has 2 atom stereocenters. The van der Waals surface area contributed by atoms with Gasteiger partial charge in [0.15, 0.2) is 11.9 Å². The first-order valence-corrected chi connectivity index (χ1v) is 9.03. The van der Waals surface area contributed by atoms with Crippen LogP contribution in [-0.4, -0.2) is 78.6 Å². The third-order valence-corrected chi connectivity index (χ3v) is 5.06. The van der Waals surface area contributed by atoms with E-state index in [1.165, 1.54) is 11.0 Å². The monoisotopic (exact) mass is 355 g/mol. The maximum absolute atomic E-state index is 12.8. The van der Waals surface area contributed by atoms with Crippen LogP contribution >= 0.6 is 0 Å². The van der Waals surface area contributed by atoms with Gasteiger partial charge in [0.05, 0.1) is 24.0 Å². The number of carboxylic acid groups (broad SMARTS) is 1. The molecule has 3 rings (SSSR count). The van der Waals surface area contributed by atoms with E-state index in [9.17, 15) is 18.0 Å². The summed E-state index contributed by atoms with van der Waals surface area (Å²) in [4.78, 5) is 26.9. The minimum atomic E-state index is -3.60. The molecule has 10 heteroatoms. The lowest BCUT2D eigenvalue weighted by atomic mass is 10.1. The van der Waals surface area contributed by atoms with Crippen LogP contribution in [0.4, 0.5) is 0 Å². The number of fused-ring (bicyclic) bond motifs is 1. The molecule has 1 amide bonds. The van der Waals surface area contributed by atoms with E-state index in [0.717, 1.165) is 0 Å². The van der Waals surface area contributed by atoms with Crippen LogP contribution in [0.2, 0.25) is 0 Å². The summed E-state index contributed by atoms with van der Waals surface area (Å²) in [6.45, 7) is 2.03. The minimum absolute atomic E-state index is 0.0831. The third-order valence-electron chi connectivity index (χ3n) is 3.91. The summed E-state index contributed by atoms with van der Waals surface area (Å²) in [5, 5.41) is 9.12. The number of carboxylic acids is 1. The standard InChI is InChI=1S/C14H17N3O6S/c1-9-7-17(8-11(23-9)14(19)20)13(18)10-3-2-4-16-5-6-24(21,22)15-12(10)16/h2-4,9,11H,5-8H2,1H3,(H,19,20)/t9-,11?/m1/s1. The molecule has 0 radical (unpaired) electrons. The second-order valence-electron chi connectivity index (χ2n) is 5.80. The van der Waals surface area contributed by atoms with Gasteiger partial charge >= 0.3 is 5.97 Å². The molecule has 0 aliphatic carbocycles. The predicted octanol–water partition coefficient (Wildman–Crippen LogP) is -0.815. The summed E-state index contributed by atoms with van der Waals surface area (Å²) in [5.41, 5.74) is 0.138. The molecule has 0 bridgehead atoms. The smallest absolute Gasteiger partial charge is 0.334 e. The van der Waals surface area contributed by atoms with Gasteiger partial charge in [-0.05, 0) is 19.1 Å². The molecule has 9 nitrogen and oxygen atoms in total. The Kier molecular flexibility index (Phi) is 4.18. The Balaban J connectivity index is 1.88. The van der Waals surface area contributed by atoms with Gasteiger partial charge in [-0.25, -0.2) is 13.2 Å². The Morgan fingerprint density at radius 3 is 2.83 bits per heavy atom. The number of carbonyl (C=O) groups excluding carboxylic acids is 1. The highest BCUT2D eigenvalue weighted by atomic mass is 32.2. The van der Waals surface area contributed by atoms with Gasteiger partial charge in [0.25, 0.3) is 15.9 Å². The predicted molar refractivity (Wildman–Crippen MR) is 83.7 cm³/mol. The van der Waals surface area contributed by atoms with Crippen molar-refractivity contribution in [2.45, 2.75) is 19.1 Å². The van der Waals surface area contributed by atoms with E-state index in [4.69, 9.17) is 9.84 Å². The van der Waals surface area contributed by atoms with E-state index >= 15 is 0 Å². The molecule has 1 unspecified atom stereocenters. The van der Waals surface area contributed by atoms with Gasteiger partial charge in [0.2, 0.25) is 0 Å². The number of sulfonamides is 1. The van der Waals surface area contributed by atoms with Crippen LogP contribution in [0.3, 0.4) is 0 Å². The van der Waals surface area contributed by atoms with Gasteiger partial charge in [-0.2, -0.15) is 0 Å². The van der Waals surface area contributed by atoms with Gasteiger partial charge in [-0.15, -0.1) is 4.40 Å². The zero-order valence-electron chi connectivity index (χ0n) is 13.0. The van der Waals surface area contributed by atoms with E-state index < -0.39 is 34.1 Å². The molecule has 0 aromatic carbocycles. The molecule has 1 fully saturated rings. The van der Waals surface area contributed by atoms with Crippen molar-refractivity contribution in [2.75, 3.05) is 25.4 Å². The van der Waals surface area contributed by atoms with E-state index in [0.29, 0.717) is 0 Å². The fraction of sp³-hybridized carbons (Fsp3) is 0.500.